The summed E-state index contributed by atoms with van der Waals surface area (Å²) in [5.41, 5.74) is 1.97. The van der Waals surface area contributed by atoms with Gasteiger partial charge >= 0.3 is 0 Å². The number of carbonyl (C=O) groups excluding carboxylic acids is 1. The van der Waals surface area contributed by atoms with E-state index in [1.165, 1.54) is 10.9 Å². The zero-order valence-corrected chi connectivity index (χ0v) is 13.4. The molecule has 6 heteroatoms. The zero-order valence-electron chi connectivity index (χ0n) is 11.9. The highest BCUT2D eigenvalue weighted by molar-refractivity contribution is 6.35. The van der Waals surface area contributed by atoms with Gasteiger partial charge in [-0.15, -0.1) is 0 Å². The van der Waals surface area contributed by atoms with Gasteiger partial charge < -0.3 is 5.11 Å². The van der Waals surface area contributed by atoms with Crippen molar-refractivity contribution in [3.63, 3.8) is 0 Å². The number of halogens is 2. The van der Waals surface area contributed by atoms with Crippen LogP contribution in [0.15, 0.2) is 54.7 Å². The molecular formula is C17H12Cl2N2O2. The summed E-state index contributed by atoms with van der Waals surface area (Å²) in [7, 11) is 0. The summed E-state index contributed by atoms with van der Waals surface area (Å²) < 4.78 is 1.29. The van der Waals surface area contributed by atoms with Crippen LogP contribution in [0.3, 0.4) is 0 Å². The standard InChI is InChI=1S/C17H12Cl2N2O2/c18-13-6-12(7-14(19)8-13)16-15(9-21(10-22)20-16)17(23)11-4-2-1-3-5-11/h1-9,22H,10H2. The Morgan fingerprint density at radius 1 is 1.09 bits per heavy atom. The van der Waals surface area contributed by atoms with Gasteiger partial charge in [0.25, 0.3) is 0 Å². The second-order valence-electron chi connectivity index (χ2n) is 4.93. The molecule has 1 aromatic heterocycles. The van der Waals surface area contributed by atoms with E-state index in [0.717, 1.165) is 0 Å². The van der Waals surface area contributed by atoms with Gasteiger partial charge in [-0.3, -0.25) is 4.79 Å². The zero-order chi connectivity index (χ0) is 16.4. The molecule has 116 valence electrons. The average Bonchev–Trinajstić information content (AvgIpc) is 2.98. The Labute approximate surface area is 142 Å². The van der Waals surface area contributed by atoms with Crippen molar-refractivity contribution in [2.45, 2.75) is 6.73 Å². The Kier molecular flexibility index (Phi) is 4.48. The summed E-state index contributed by atoms with van der Waals surface area (Å²) >= 11 is 12.1. The lowest BCUT2D eigenvalue weighted by Gasteiger charge is -2.04. The predicted molar refractivity (Wildman–Crippen MR) is 89.8 cm³/mol. The maximum absolute atomic E-state index is 12.7. The van der Waals surface area contributed by atoms with Gasteiger partial charge in [0, 0.05) is 27.4 Å². The number of carbonyl (C=O) groups is 1. The number of aromatic nitrogens is 2. The molecule has 1 N–H and O–H groups in total. The van der Waals surface area contributed by atoms with Gasteiger partial charge in [0.15, 0.2) is 5.78 Å². The van der Waals surface area contributed by atoms with Crippen molar-refractivity contribution < 1.29 is 9.90 Å². The van der Waals surface area contributed by atoms with Crippen molar-refractivity contribution >= 4 is 29.0 Å². The van der Waals surface area contributed by atoms with Gasteiger partial charge in [0.05, 0.1) is 5.56 Å². The second-order valence-corrected chi connectivity index (χ2v) is 5.80. The molecule has 0 aliphatic heterocycles. The number of benzene rings is 2. The van der Waals surface area contributed by atoms with Crippen LogP contribution in [-0.2, 0) is 6.73 Å². The van der Waals surface area contributed by atoms with Crippen LogP contribution in [0.1, 0.15) is 15.9 Å². The first-order valence-corrected chi connectivity index (χ1v) is 7.58. The number of ketones is 1. The Morgan fingerprint density at radius 2 is 1.74 bits per heavy atom. The van der Waals surface area contributed by atoms with E-state index in [2.05, 4.69) is 5.10 Å². The Balaban J connectivity index is 2.14. The monoisotopic (exact) mass is 346 g/mol. The lowest BCUT2D eigenvalue weighted by atomic mass is 10.0. The summed E-state index contributed by atoms with van der Waals surface area (Å²) in [6.45, 7) is -0.330. The van der Waals surface area contributed by atoms with Crippen molar-refractivity contribution in [1.82, 2.24) is 9.78 Å². The molecular weight excluding hydrogens is 335 g/mol. The topological polar surface area (TPSA) is 55.1 Å². The molecule has 0 saturated heterocycles. The molecule has 4 nitrogen and oxygen atoms in total. The highest BCUT2D eigenvalue weighted by atomic mass is 35.5. The van der Waals surface area contributed by atoms with Gasteiger partial charge in [-0.05, 0) is 18.2 Å². The highest BCUT2D eigenvalue weighted by Crippen LogP contribution is 2.29. The van der Waals surface area contributed by atoms with Crippen molar-refractivity contribution in [2.75, 3.05) is 0 Å². The average molecular weight is 347 g/mol. The van der Waals surface area contributed by atoms with Crippen LogP contribution >= 0.6 is 23.2 Å². The summed E-state index contributed by atoms with van der Waals surface area (Å²) in [6.07, 6.45) is 1.51. The molecule has 2 aromatic carbocycles. The van der Waals surface area contributed by atoms with Crippen LogP contribution in [0.2, 0.25) is 10.0 Å². The molecule has 0 saturated carbocycles. The van der Waals surface area contributed by atoms with E-state index in [1.807, 2.05) is 6.07 Å². The van der Waals surface area contributed by atoms with Gasteiger partial charge in [-0.2, -0.15) is 5.10 Å². The van der Waals surface area contributed by atoms with Crippen LogP contribution in [0, 0.1) is 0 Å². The third kappa shape index (κ3) is 3.29. The van der Waals surface area contributed by atoms with Crippen LogP contribution in [0.4, 0.5) is 0 Å². The first kappa shape index (κ1) is 15.7. The number of nitrogens with zero attached hydrogens (tertiary/aromatic N) is 2. The maximum atomic E-state index is 12.7. The summed E-state index contributed by atoms with van der Waals surface area (Å²) in [5, 5.41) is 14.5. The smallest absolute Gasteiger partial charge is 0.196 e. The Bertz CT molecular complexity index is 840. The highest BCUT2D eigenvalue weighted by Gasteiger charge is 2.19. The van der Waals surface area contributed by atoms with E-state index in [1.54, 1.807) is 42.5 Å². The molecule has 0 aliphatic rings. The lowest BCUT2D eigenvalue weighted by Crippen LogP contribution is -2.01. The van der Waals surface area contributed by atoms with E-state index in [-0.39, 0.29) is 12.5 Å². The van der Waals surface area contributed by atoms with Gasteiger partial charge in [0.1, 0.15) is 12.4 Å². The first-order valence-electron chi connectivity index (χ1n) is 6.83. The number of rotatable bonds is 4. The molecule has 23 heavy (non-hydrogen) atoms. The summed E-state index contributed by atoms with van der Waals surface area (Å²) in [4.78, 5) is 12.7. The third-order valence-corrected chi connectivity index (χ3v) is 3.76. The number of aliphatic hydroxyl groups is 1. The van der Waals surface area contributed by atoms with Crippen LogP contribution < -0.4 is 0 Å². The number of aliphatic hydroxyl groups excluding tert-OH is 1. The molecule has 3 aromatic rings. The molecule has 0 amide bonds. The fraction of sp³-hybridized carbons (Fsp3) is 0.0588. The van der Waals surface area contributed by atoms with E-state index in [9.17, 15) is 9.90 Å². The summed E-state index contributed by atoms with van der Waals surface area (Å²) in [5.74, 6) is -0.184. The molecule has 0 fully saturated rings. The molecule has 1 heterocycles. The van der Waals surface area contributed by atoms with Gasteiger partial charge in [-0.1, -0.05) is 53.5 Å². The minimum Gasteiger partial charge on any atom is -0.374 e. The van der Waals surface area contributed by atoms with Crippen molar-refractivity contribution in [3.05, 3.63) is 75.9 Å². The van der Waals surface area contributed by atoms with Crippen molar-refractivity contribution in [1.29, 1.82) is 0 Å². The fourth-order valence-corrected chi connectivity index (χ4v) is 2.83. The minimum atomic E-state index is -0.330. The van der Waals surface area contributed by atoms with E-state index in [0.29, 0.717) is 32.4 Å². The SMILES string of the molecule is O=C(c1ccccc1)c1cn(CO)nc1-c1cc(Cl)cc(Cl)c1. The molecule has 0 spiro atoms. The molecule has 3 rings (SSSR count). The van der Waals surface area contributed by atoms with Crippen molar-refractivity contribution in [3.8, 4) is 11.3 Å². The second kappa shape index (κ2) is 6.54. The molecule has 0 atom stereocenters. The molecule has 0 unspecified atom stereocenters. The van der Waals surface area contributed by atoms with E-state index >= 15 is 0 Å². The first-order chi connectivity index (χ1) is 11.1. The van der Waals surface area contributed by atoms with E-state index in [4.69, 9.17) is 23.2 Å². The van der Waals surface area contributed by atoms with Gasteiger partial charge in [-0.25, -0.2) is 4.68 Å². The van der Waals surface area contributed by atoms with E-state index < -0.39 is 0 Å². The van der Waals surface area contributed by atoms with Crippen LogP contribution in [0.25, 0.3) is 11.3 Å². The fourth-order valence-electron chi connectivity index (χ4n) is 2.31. The van der Waals surface area contributed by atoms with Gasteiger partial charge in [0.2, 0.25) is 0 Å². The third-order valence-electron chi connectivity index (χ3n) is 3.32. The largest absolute Gasteiger partial charge is 0.374 e. The maximum Gasteiger partial charge on any atom is 0.196 e. The minimum absolute atomic E-state index is 0.184. The Hall–Kier alpha value is -2.14. The lowest BCUT2D eigenvalue weighted by molar-refractivity contribution is 0.103. The number of hydrogen-bond donors (Lipinski definition) is 1. The van der Waals surface area contributed by atoms with Crippen LogP contribution in [-0.4, -0.2) is 20.7 Å². The van der Waals surface area contributed by atoms with Crippen LogP contribution in [0.5, 0.6) is 0 Å². The number of hydrogen-bond acceptors (Lipinski definition) is 3. The predicted octanol–water partition coefficient (Wildman–Crippen LogP) is 4.04. The van der Waals surface area contributed by atoms with Crippen molar-refractivity contribution in [2.24, 2.45) is 0 Å². The molecule has 0 aliphatic carbocycles. The molecule has 0 radical (unpaired) electrons. The summed E-state index contributed by atoms with van der Waals surface area (Å²) in [6, 6.07) is 13.8. The quantitative estimate of drug-likeness (QED) is 0.725. The normalized spacial score (nSPS) is 10.7. The Morgan fingerprint density at radius 3 is 2.35 bits per heavy atom. The molecule has 0 bridgehead atoms.